The van der Waals surface area contributed by atoms with E-state index in [0.29, 0.717) is 34.3 Å². The lowest BCUT2D eigenvalue weighted by molar-refractivity contribution is -0.134. The zero-order valence-corrected chi connectivity index (χ0v) is 18.7. The molecule has 1 heterocycles. The molecular weight excluding hydrogens is 431 g/mol. The fraction of sp³-hybridized carbons (Fsp3) is 0.107. The Balaban J connectivity index is 1.87. The van der Waals surface area contributed by atoms with E-state index < -0.39 is 11.8 Å². The molecule has 6 heteroatoms. The van der Waals surface area contributed by atoms with Gasteiger partial charge in [0.25, 0.3) is 0 Å². The number of nitriles is 1. The lowest BCUT2D eigenvalue weighted by atomic mass is 9.95. The van der Waals surface area contributed by atoms with Crippen LogP contribution in [0.5, 0.6) is 5.75 Å². The molecule has 34 heavy (non-hydrogen) atoms. The molecule has 0 atom stereocenters. The average molecular weight is 452 g/mol. The van der Waals surface area contributed by atoms with Gasteiger partial charge in [-0.2, -0.15) is 5.26 Å². The minimum atomic E-state index is -0.580. The second-order valence-electron chi connectivity index (χ2n) is 7.39. The molecule has 0 unspecified atom stereocenters. The summed E-state index contributed by atoms with van der Waals surface area (Å²) < 4.78 is 24.4. The van der Waals surface area contributed by atoms with Crippen molar-refractivity contribution < 1.29 is 18.7 Å². The van der Waals surface area contributed by atoms with Crippen molar-refractivity contribution in [2.75, 3.05) is 13.7 Å². The van der Waals surface area contributed by atoms with Crippen LogP contribution in [-0.2, 0) is 9.53 Å². The first-order valence-electron chi connectivity index (χ1n) is 10.7. The third-order valence-electron chi connectivity index (χ3n) is 5.34. The van der Waals surface area contributed by atoms with Crippen LogP contribution in [0, 0.1) is 17.1 Å². The van der Waals surface area contributed by atoms with Gasteiger partial charge in [0.05, 0.1) is 30.5 Å². The normalized spacial score (nSPS) is 10.9. The van der Waals surface area contributed by atoms with Gasteiger partial charge in [-0.25, -0.2) is 14.2 Å². The number of benzene rings is 3. The van der Waals surface area contributed by atoms with Crippen LogP contribution in [0.4, 0.5) is 4.39 Å². The molecule has 0 amide bonds. The fourth-order valence-electron chi connectivity index (χ4n) is 3.77. The van der Waals surface area contributed by atoms with Gasteiger partial charge in [-0.1, -0.05) is 42.5 Å². The molecule has 4 rings (SSSR count). The molecule has 0 N–H and O–H groups in total. The van der Waals surface area contributed by atoms with Crippen LogP contribution in [0.25, 0.3) is 39.4 Å². The van der Waals surface area contributed by atoms with Crippen molar-refractivity contribution in [3.05, 3.63) is 89.8 Å². The number of ether oxygens (including phenoxy) is 2. The lowest BCUT2D eigenvalue weighted by Gasteiger charge is -2.13. The molecule has 0 aliphatic heterocycles. The highest BCUT2D eigenvalue weighted by Gasteiger charge is 2.16. The van der Waals surface area contributed by atoms with Crippen LogP contribution in [0.3, 0.4) is 0 Å². The SMILES string of the molecule is CCOc1ccccc1-c1ccc(-c2nc3ccc(F)cc3c(C=CC(=O)OC)c2C#N)cc1. The molecule has 3 aromatic carbocycles. The summed E-state index contributed by atoms with van der Waals surface area (Å²) in [4.78, 5) is 16.3. The highest BCUT2D eigenvalue weighted by Crippen LogP contribution is 2.34. The number of nitrogens with zero attached hydrogens (tertiary/aromatic N) is 2. The van der Waals surface area contributed by atoms with Gasteiger partial charge < -0.3 is 9.47 Å². The Kier molecular flexibility index (Phi) is 6.65. The lowest BCUT2D eigenvalue weighted by Crippen LogP contribution is -1.98. The molecule has 0 spiro atoms. The maximum absolute atomic E-state index is 14.0. The number of para-hydroxylation sites is 1. The number of methoxy groups -OCH3 is 1. The number of hydrogen-bond donors (Lipinski definition) is 0. The number of carbonyl (C=O) groups is 1. The summed E-state index contributed by atoms with van der Waals surface area (Å²) in [5, 5.41) is 10.4. The Morgan fingerprint density at radius 1 is 1.09 bits per heavy atom. The van der Waals surface area contributed by atoms with Crippen molar-refractivity contribution in [1.29, 1.82) is 5.26 Å². The number of carbonyl (C=O) groups excluding carboxylic acids is 1. The summed E-state index contributed by atoms with van der Waals surface area (Å²) in [6.07, 6.45) is 2.67. The van der Waals surface area contributed by atoms with E-state index in [0.717, 1.165) is 16.9 Å². The van der Waals surface area contributed by atoms with Crippen LogP contribution < -0.4 is 4.74 Å². The van der Waals surface area contributed by atoms with Crippen molar-refractivity contribution in [2.24, 2.45) is 0 Å². The molecule has 0 saturated heterocycles. The molecule has 168 valence electrons. The van der Waals surface area contributed by atoms with Crippen LogP contribution >= 0.6 is 0 Å². The first kappa shape index (κ1) is 22.7. The van der Waals surface area contributed by atoms with E-state index in [1.807, 2.05) is 55.5 Å². The van der Waals surface area contributed by atoms with E-state index in [-0.39, 0.29) is 5.56 Å². The third-order valence-corrected chi connectivity index (χ3v) is 5.34. The largest absolute Gasteiger partial charge is 0.493 e. The maximum Gasteiger partial charge on any atom is 0.330 e. The number of rotatable bonds is 6. The van der Waals surface area contributed by atoms with Crippen LogP contribution in [0.15, 0.2) is 72.8 Å². The van der Waals surface area contributed by atoms with Gasteiger partial charge in [0, 0.05) is 28.2 Å². The summed E-state index contributed by atoms with van der Waals surface area (Å²) in [7, 11) is 1.26. The predicted molar refractivity (Wildman–Crippen MR) is 130 cm³/mol. The van der Waals surface area contributed by atoms with E-state index in [2.05, 4.69) is 15.8 Å². The summed E-state index contributed by atoms with van der Waals surface area (Å²) >= 11 is 0. The highest BCUT2D eigenvalue weighted by atomic mass is 19.1. The highest BCUT2D eigenvalue weighted by molar-refractivity contribution is 5.97. The molecule has 4 aromatic rings. The van der Waals surface area contributed by atoms with E-state index >= 15 is 0 Å². The maximum atomic E-state index is 14.0. The van der Waals surface area contributed by atoms with Gasteiger partial charge in [-0.15, -0.1) is 0 Å². The Morgan fingerprint density at radius 2 is 1.82 bits per heavy atom. The summed E-state index contributed by atoms with van der Waals surface area (Å²) in [6.45, 7) is 2.50. The first-order chi connectivity index (χ1) is 16.5. The molecule has 0 aliphatic carbocycles. The Morgan fingerprint density at radius 3 is 2.53 bits per heavy atom. The zero-order chi connectivity index (χ0) is 24.1. The number of fused-ring (bicyclic) bond motifs is 1. The van der Waals surface area contributed by atoms with Crippen molar-refractivity contribution >= 4 is 22.9 Å². The van der Waals surface area contributed by atoms with Gasteiger partial charge in [-0.05, 0) is 42.8 Å². The first-order valence-corrected chi connectivity index (χ1v) is 10.7. The summed E-state index contributed by atoms with van der Waals surface area (Å²) in [5.74, 6) is -0.253. The molecule has 0 fully saturated rings. The molecule has 0 aliphatic rings. The average Bonchev–Trinajstić information content (AvgIpc) is 2.87. The van der Waals surface area contributed by atoms with Crippen molar-refractivity contribution in [3.8, 4) is 34.2 Å². The van der Waals surface area contributed by atoms with Crippen LogP contribution in [0.2, 0.25) is 0 Å². The van der Waals surface area contributed by atoms with Crippen molar-refractivity contribution in [1.82, 2.24) is 4.98 Å². The summed E-state index contributed by atoms with van der Waals surface area (Å²) in [6, 6.07) is 21.8. The smallest absolute Gasteiger partial charge is 0.330 e. The molecular formula is C28H21FN2O3. The topological polar surface area (TPSA) is 72.2 Å². The number of esters is 1. The number of hydrogen-bond acceptors (Lipinski definition) is 5. The predicted octanol–water partition coefficient (Wildman–Crippen LogP) is 6.16. The van der Waals surface area contributed by atoms with E-state index in [1.165, 1.54) is 31.4 Å². The Labute approximate surface area is 196 Å². The zero-order valence-electron chi connectivity index (χ0n) is 18.7. The Hall–Kier alpha value is -4.50. The molecule has 0 saturated carbocycles. The van der Waals surface area contributed by atoms with Crippen molar-refractivity contribution in [2.45, 2.75) is 6.92 Å². The minimum Gasteiger partial charge on any atom is -0.493 e. The standard InChI is InChI=1S/C28H21FN2O3/c1-3-34-26-7-5-4-6-21(26)18-8-10-19(11-9-18)28-24(17-30)22(13-15-27(32)33-2)23-16-20(29)12-14-25(23)31-28/h4-16H,3H2,1-2H3. The summed E-state index contributed by atoms with van der Waals surface area (Å²) in [5.41, 5.74) is 4.22. The van der Waals surface area contributed by atoms with E-state index in [9.17, 15) is 14.4 Å². The third kappa shape index (κ3) is 4.50. The number of aromatic nitrogens is 1. The number of halogens is 1. The quantitative estimate of drug-likeness (QED) is 0.259. The van der Waals surface area contributed by atoms with Gasteiger partial charge in [0.15, 0.2) is 0 Å². The Bertz CT molecular complexity index is 1440. The van der Waals surface area contributed by atoms with Crippen LogP contribution in [-0.4, -0.2) is 24.7 Å². The van der Waals surface area contributed by atoms with Gasteiger partial charge in [0.2, 0.25) is 0 Å². The van der Waals surface area contributed by atoms with E-state index in [1.54, 1.807) is 6.07 Å². The molecule has 0 bridgehead atoms. The van der Waals surface area contributed by atoms with Crippen molar-refractivity contribution in [3.63, 3.8) is 0 Å². The second kappa shape index (κ2) is 9.97. The van der Waals surface area contributed by atoms with Gasteiger partial charge in [-0.3, -0.25) is 0 Å². The fourth-order valence-corrected chi connectivity index (χ4v) is 3.77. The minimum absolute atomic E-state index is 0.237. The van der Waals surface area contributed by atoms with Gasteiger partial charge in [0.1, 0.15) is 17.6 Å². The second-order valence-corrected chi connectivity index (χ2v) is 7.39. The molecule has 0 radical (unpaired) electrons. The van der Waals surface area contributed by atoms with Gasteiger partial charge >= 0.3 is 5.97 Å². The van der Waals surface area contributed by atoms with E-state index in [4.69, 9.17) is 4.74 Å². The number of pyridine rings is 1. The molecule has 5 nitrogen and oxygen atoms in total. The molecule has 1 aromatic heterocycles. The van der Waals surface area contributed by atoms with Crippen LogP contribution in [0.1, 0.15) is 18.1 Å². The monoisotopic (exact) mass is 452 g/mol.